The van der Waals surface area contributed by atoms with Gasteiger partial charge in [0.25, 0.3) is 0 Å². The first-order valence-corrected chi connectivity index (χ1v) is 10.4. The molecule has 138 valence electrons. The molecule has 2 atom stereocenters. The lowest BCUT2D eigenvalue weighted by atomic mass is 9.87. The Bertz CT molecular complexity index is 957. The molecule has 0 aromatic heterocycles. The van der Waals surface area contributed by atoms with Crippen molar-refractivity contribution in [1.29, 1.82) is 0 Å². The van der Waals surface area contributed by atoms with Gasteiger partial charge in [0.1, 0.15) is 11.5 Å². The molecule has 0 aliphatic carbocycles. The molecular weight excluding hydrogens is 359 g/mol. The van der Waals surface area contributed by atoms with Crippen molar-refractivity contribution in [2.45, 2.75) is 19.3 Å². The zero-order chi connectivity index (χ0) is 18.7. The van der Waals surface area contributed by atoms with Crippen molar-refractivity contribution in [3.8, 4) is 11.5 Å². The van der Waals surface area contributed by atoms with Crippen molar-refractivity contribution in [3.05, 3.63) is 95.6 Å². The minimum absolute atomic E-state index is 0.103. The summed E-state index contributed by atoms with van der Waals surface area (Å²) in [6, 6.07) is 25.1. The Morgan fingerprint density at radius 2 is 1.67 bits per heavy atom. The SMILES string of the molecule is Cc1ccc2c(c1)C(c1ccccc1)CCOP(=O)(Oc1ccccc1)O2. The molecule has 0 amide bonds. The normalized spacial score (nSPS) is 22.0. The molecule has 0 N–H and O–H groups in total. The van der Waals surface area contributed by atoms with Crippen LogP contribution < -0.4 is 9.05 Å². The van der Waals surface area contributed by atoms with Crippen LogP contribution in [0.5, 0.6) is 11.5 Å². The van der Waals surface area contributed by atoms with Crippen molar-refractivity contribution in [3.63, 3.8) is 0 Å². The number of fused-ring (bicyclic) bond motifs is 1. The maximum Gasteiger partial charge on any atom is 0.587 e. The van der Waals surface area contributed by atoms with Gasteiger partial charge in [0.05, 0.1) is 6.61 Å². The Balaban J connectivity index is 1.71. The first kappa shape index (κ1) is 17.8. The van der Waals surface area contributed by atoms with Gasteiger partial charge < -0.3 is 9.05 Å². The smallest absolute Gasteiger partial charge is 0.395 e. The molecule has 0 saturated heterocycles. The van der Waals surface area contributed by atoms with Crippen molar-refractivity contribution in [2.75, 3.05) is 6.61 Å². The van der Waals surface area contributed by atoms with Gasteiger partial charge in [-0.3, -0.25) is 4.52 Å². The average Bonchev–Trinajstić information content (AvgIpc) is 2.67. The molecule has 0 bridgehead atoms. The van der Waals surface area contributed by atoms with Gasteiger partial charge in [-0.15, -0.1) is 0 Å². The van der Waals surface area contributed by atoms with Gasteiger partial charge in [-0.2, -0.15) is 0 Å². The summed E-state index contributed by atoms with van der Waals surface area (Å²) in [6.07, 6.45) is 0.686. The maximum atomic E-state index is 13.2. The van der Waals surface area contributed by atoms with E-state index in [2.05, 4.69) is 18.2 Å². The first-order chi connectivity index (χ1) is 13.1. The first-order valence-electron chi connectivity index (χ1n) is 8.97. The second kappa shape index (κ2) is 7.59. The van der Waals surface area contributed by atoms with Crippen molar-refractivity contribution < 1.29 is 18.1 Å². The van der Waals surface area contributed by atoms with E-state index in [0.717, 1.165) is 11.1 Å². The van der Waals surface area contributed by atoms with E-state index >= 15 is 0 Å². The van der Waals surface area contributed by atoms with Gasteiger partial charge in [0.2, 0.25) is 0 Å². The van der Waals surface area contributed by atoms with E-state index < -0.39 is 7.82 Å². The minimum atomic E-state index is -3.77. The lowest BCUT2D eigenvalue weighted by Gasteiger charge is -2.27. The number of phosphoric ester groups is 1. The number of hydrogen-bond acceptors (Lipinski definition) is 4. The molecule has 0 spiro atoms. The number of rotatable bonds is 3. The molecule has 5 heteroatoms. The largest absolute Gasteiger partial charge is 0.587 e. The van der Waals surface area contributed by atoms with Crippen molar-refractivity contribution in [1.82, 2.24) is 0 Å². The van der Waals surface area contributed by atoms with Gasteiger partial charge in [0.15, 0.2) is 0 Å². The predicted octanol–water partition coefficient (Wildman–Crippen LogP) is 6.11. The third-order valence-corrected chi connectivity index (χ3v) is 5.92. The van der Waals surface area contributed by atoms with Gasteiger partial charge >= 0.3 is 7.82 Å². The molecule has 1 heterocycles. The fraction of sp³-hybridized carbons (Fsp3) is 0.182. The molecule has 0 saturated carbocycles. The highest BCUT2D eigenvalue weighted by atomic mass is 31.2. The fourth-order valence-electron chi connectivity index (χ4n) is 3.30. The van der Waals surface area contributed by atoms with E-state index in [-0.39, 0.29) is 12.5 Å². The summed E-state index contributed by atoms with van der Waals surface area (Å²) in [5, 5.41) is 0. The molecule has 4 nitrogen and oxygen atoms in total. The molecule has 0 fully saturated rings. The Labute approximate surface area is 159 Å². The summed E-state index contributed by atoms with van der Waals surface area (Å²) in [5.41, 5.74) is 3.30. The average molecular weight is 380 g/mol. The van der Waals surface area contributed by atoms with Crippen LogP contribution in [0.1, 0.15) is 29.0 Å². The summed E-state index contributed by atoms with van der Waals surface area (Å²) < 4.78 is 30.3. The van der Waals surface area contributed by atoms with E-state index in [1.54, 1.807) is 12.1 Å². The zero-order valence-corrected chi connectivity index (χ0v) is 16.0. The van der Waals surface area contributed by atoms with Crippen LogP contribution in [-0.2, 0) is 9.09 Å². The van der Waals surface area contributed by atoms with Gasteiger partial charge in [-0.05, 0) is 37.1 Å². The molecule has 27 heavy (non-hydrogen) atoms. The minimum Gasteiger partial charge on any atom is -0.395 e. The Kier molecular flexibility index (Phi) is 5.02. The lowest BCUT2D eigenvalue weighted by molar-refractivity contribution is 0.197. The molecule has 3 aromatic carbocycles. The van der Waals surface area contributed by atoms with Crippen LogP contribution in [0.4, 0.5) is 0 Å². The summed E-state index contributed by atoms with van der Waals surface area (Å²) in [6.45, 7) is 2.31. The Morgan fingerprint density at radius 3 is 2.41 bits per heavy atom. The highest BCUT2D eigenvalue weighted by molar-refractivity contribution is 7.49. The number of aryl methyl sites for hydroxylation is 1. The van der Waals surface area contributed by atoms with Crippen LogP contribution in [0.25, 0.3) is 0 Å². The van der Waals surface area contributed by atoms with E-state index in [1.165, 1.54) is 5.56 Å². The van der Waals surface area contributed by atoms with Crippen LogP contribution in [-0.4, -0.2) is 6.61 Å². The lowest BCUT2D eigenvalue weighted by Crippen LogP contribution is -2.15. The highest BCUT2D eigenvalue weighted by Crippen LogP contribution is 2.53. The molecular formula is C22H21O4P. The Hall–Kier alpha value is -2.55. The number of hydrogen-bond donors (Lipinski definition) is 0. The van der Waals surface area contributed by atoms with Crippen LogP contribution in [0.2, 0.25) is 0 Å². The molecule has 3 aromatic rings. The summed E-state index contributed by atoms with van der Waals surface area (Å²) in [4.78, 5) is 0. The summed E-state index contributed by atoms with van der Waals surface area (Å²) >= 11 is 0. The monoisotopic (exact) mass is 380 g/mol. The van der Waals surface area contributed by atoms with E-state index in [4.69, 9.17) is 13.6 Å². The molecule has 2 unspecified atom stereocenters. The van der Waals surface area contributed by atoms with E-state index in [0.29, 0.717) is 17.9 Å². The van der Waals surface area contributed by atoms with Crippen LogP contribution in [0.15, 0.2) is 78.9 Å². The number of para-hydroxylation sites is 1. The summed E-state index contributed by atoms with van der Waals surface area (Å²) in [5.74, 6) is 1.09. The molecule has 4 rings (SSSR count). The van der Waals surface area contributed by atoms with Crippen LogP contribution in [0.3, 0.4) is 0 Å². The number of phosphoric acid groups is 1. The Morgan fingerprint density at radius 1 is 0.963 bits per heavy atom. The zero-order valence-electron chi connectivity index (χ0n) is 15.1. The summed E-state index contributed by atoms with van der Waals surface area (Å²) in [7, 11) is -3.77. The highest BCUT2D eigenvalue weighted by Gasteiger charge is 2.35. The molecule has 0 radical (unpaired) electrons. The van der Waals surface area contributed by atoms with Crippen LogP contribution in [0, 0.1) is 6.92 Å². The predicted molar refractivity (Wildman–Crippen MR) is 105 cm³/mol. The standard InChI is InChI=1S/C22H21O4P/c1-17-12-13-22-21(16-17)20(18-8-4-2-5-9-18)14-15-24-27(23,26-22)25-19-10-6-3-7-11-19/h2-13,16,20H,14-15H2,1H3. The molecule has 1 aliphatic heterocycles. The topological polar surface area (TPSA) is 44.8 Å². The fourth-order valence-corrected chi connectivity index (χ4v) is 4.55. The second-order valence-electron chi connectivity index (χ2n) is 6.57. The number of benzene rings is 3. The van der Waals surface area contributed by atoms with Gasteiger partial charge in [-0.1, -0.05) is 66.2 Å². The third-order valence-electron chi connectivity index (χ3n) is 4.57. The van der Waals surface area contributed by atoms with Crippen molar-refractivity contribution >= 4 is 7.82 Å². The quantitative estimate of drug-likeness (QED) is 0.514. The van der Waals surface area contributed by atoms with Crippen LogP contribution >= 0.6 is 7.82 Å². The van der Waals surface area contributed by atoms with Gasteiger partial charge in [0, 0.05) is 11.5 Å². The van der Waals surface area contributed by atoms with Gasteiger partial charge in [-0.25, -0.2) is 4.57 Å². The van der Waals surface area contributed by atoms with E-state index in [1.807, 2.05) is 55.5 Å². The van der Waals surface area contributed by atoms with Crippen molar-refractivity contribution in [2.24, 2.45) is 0 Å². The maximum absolute atomic E-state index is 13.2. The third kappa shape index (κ3) is 4.08. The van der Waals surface area contributed by atoms with E-state index in [9.17, 15) is 4.57 Å². The second-order valence-corrected chi connectivity index (χ2v) is 8.09. The molecule has 1 aliphatic rings.